The maximum absolute atomic E-state index is 14.6. The van der Waals surface area contributed by atoms with E-state index in [4.69, 9.17) is 14.2 Å². The molecule has 1 aromatic carbocycles. The number of hydrogen-bond donors (Lipinski definition) is 0. The van der Waals surface area contributed by atoms with Crippen LogP contribution in [0.2, 0.25) is 0 Å². The summed E-state index contributed by atoms with van der Waals surface area (Å²) in [5, 5.41) is 4.25. The average Bonchev–Trinajstić information content (AvgIpc) is 3.47. The second-order valence-electron chi connectivity index (χ2n) is 13.6. The van der Waals surface area contributed by atoms with Gasteiger partial charge in [0.1, 0.15) is 5.67 Å². The zero-order valence-corrected chi connectivity index (χ0v) is 24.3. The van der Waals surface area contributed by atoms with E-state index in [-0.39, 0.29) is 22.7 Å². The number of fused-ring (bicyclic) bond motifs is 3. The maximum Gasteiger partial charge on any atom is 0.233 e. The number of aromatic nitrogens is 3. The van der Waals surface area contributed by atoms with E-state index in [1.54, 1.807) is 0 Å². The average molecular weight is 559 g/mol. The Bertz CT molecular complexity index is 1420. The van der Waals surface area contributed by atoms with Crippen molar-refractivity contribution in [2.75, 3.05) is 18.1 Å². The van der Waals surface area contributed by atoms with E-state index in [0.29, 0.717) is 38.3 Å². The molecule has 0 radical (unpaired) electrons. The minimum atomic E-state index is -1.12. The van der Waals surface area contributed by atoms with E-state index in [0.717, 1.165) is 67.1 Å². The summed E-state index contributed by atoms with van der Waals surface area (Å²) in [7, 11) is 0. The lowest BCUT2D eigenvalue weighted by molar-refractivity contribution is -0.211. The molecule has 3 aromatic rings. The van der Waals surface area contributed by atoms with E-state index < -0.39 is 11.1 Å². The minimum Gasteiger partial charge on any atom is -0.478 e. The third-order valence-corrected chi connectivity index (χ3v) is 10.5. The van der Waals surface area contributed by atoms with Crippen LogP contribution < -0.4 is 9.64 Å². The number of carbonyl (C=O) groups excluding carboxylic acids is 1. The number of anilines is 1. The van der Waals surface area contributed by atoms with Crippen LogP contribution in [0, 0.1) is 10.8 Å². The number of amides is 1. The third kappa shape index (κ3) is 4.36. The number of halogens is 1. The Hall–Kier alpha value is -3.29. The van der Waals surface area contributed by atoms with Crippen LogP contribution in [0.5, 0.6) is 5.88 Å². The Balaban J connectivity index is 1.15. The summed E-state index contributed by atoms with van der Waals surface area (Å²) in [4.78, 5) is 25.4. The predicted octanol–water partition coefficient (Wildman–Crippen LogP) is 7.17. The first-order chi connectivity index (χ1) is 19.7. The lowest BCUT2D eigenvalue weighted by Gasteiger charge is -2.65. The molecule has 4 bridgehead atoms. The number of carbonyl (C=O) groups is 1. The van der Waals surface area contributed by atoms with Crippen LogP contribution in [0.25, 0.3) is 11.1 Å². The molecule has 2 heterocycles. The Morgan fingerprint density at radius 3 is 2.37 bits per heavy atom. The van der Waals surface area contributed by atoms with Gasteiger partial charge in [-0.05, 0) is 93.9 Å². The van der Waals surface area contributed by atoms with Crippen LogP contribution in [0.3, 0.4) is 0 Å². The second-order valence-corrected chi connectivity index (χ2v) is 13.6. The van der Waals surface area contributed by atoms with Crippen LogP contribution in [-0.2, 0) is 10.2 Å². The molecule has 6 saturated carbocycles. The monoisotopic (exact) mass is 558 g/mol. The first-order valence-corrected chi connectivity index (χ1v) is 15.2. The molecule has 0 N–H and O–H groups in total. The molecule has 9 rings (SSSR count). The molecule has 216 valence electrons. The van der Waals surface area contributed by atoms with Crippen LogP contribution in [-0.4, -0.2) is 39.9 Å². The van der Waals surface area contributed by atoms with Gasteiger partial charge in [0.25, 0.3) is 0 Å². The van der Waals surface area contributed by atoms with Gasteiger partial charge in [-0.2, -0.15) is 4.98 Å². The standard InChI is InChI=1S/C33H39FN4O3/c1-4-40-26-9-8-24(17-35-26)23-6-5-7-25(16-23)38(29(39)32-18-33(34,19-32)20-32)21-30-10-13-31(14-11-30,15-12-30)28-36-27(22(2)3)37-41-28/h5-9,16-17,22H,4,10-15,18-21H2,1-3H3. The summed E-state index contributed by atoms with van der Waals surface area (Å²) in [5.74, 6) is 2.50. The Morgan fingerprint density at radius 2 is 1.78 bits per heavy atom. The lowest BCUT2D eigenvalue weighted by Crippen LogP contribution is -2.71. The van der Waals surface area contributed by atoms with Crippen molar-refractivity contribution in [3.63, 3.8) is 0 Å². The Labute approximate surface area is 240 Å². The Kier molecular flexibility index (Phi) is 6.07. The van der Waals surface area contributed by atoms with Crippen molar-refractivity contribution in [1.82, 2.24) is 15.1 Å². The highest BCUT2D eigenvalue weighted by atomic mass is 19.1. The number of ether oxygens (including phenoxy) is 1. The van der Waals surface area contributed by atoms with Crippen LogP contribution in [0.15, 0.2) is 47.1 Å². The molecule has 0 atom stereocenters. The largest absolute Gasteiger partial charge is 0.478 e. The van der Waals surface area contributed by atoms with Gasteiger partial charge >= 0.3 is 0 Å². The molecule has 0 saturated heterocycles. The summed E-state index contributed by atoms with van der Waals surface area (Å²) >= 11 is 0. The summed E-state index contributed by atoms with van der Waals surface area (Å²) in [5.41, 5.74) is 1.17. The summed E-state index contributed by atoms with van der Waals surface area (Å²) < 4.78 is 25.9. The van der Waals surface area contributed by atoms with Gasteiger partial charge < -0.3 is 14.2 Å². The van der Waals surface area contributed by atoms with Crippen molar-refractivity contribution in [2.24, 2.45) is 10.8 Å². The van der Waals surface area contributed by atoms with E-state index >= 15 is 0 Å². The van der Waals surface area contributed by atoms with E-state index in [9.17, 15) is 9.18 Å². The molecule has 0 unspecified atom stereocenters. The molecule has 0 spiro atoms. The number of benzene rings is 1. The molecule has 6 aliphatic rings. The molecule has 8 heteroatoms. The molecule has 1 amide bonds. The third-order valence-electron chi connectivity index (χ3n) is 10.5. The molecule has 41 heavy (non-hydrogen) atoms. The maximum atomic E-state index is 14.6. The number of hydrogen-bond acceptors (Lipinski definition) is 6. The van der Waals surface area contributed by atoms with Gasteiger partial charge in [-0.15, -0.1) is 0 Å². The summed E-state index contributed by atoms with van der Waals surface area (Å²) in [6, 6.07) is 12.0. The fraction of sp³-hybridized carbons (Fsp3) is 0.576. The van der Waals surface area contributed by atoms with E-state index in [1.165, 1.54) is 0 Å². The Morgan fingerprint density at radius 1 is 1.05 bits per heavy atom. The normalized spacial score (nSPS) is 31.4. The number of pyridine rings is 1. The van der Waals surface area contributed by atoms with E-state index in [1.807, 2.05) is 48.4 Å². The van der Waals surface area contributed by atoms with Crippen molar-refractivity contribution in [3.05, 3.63) is 54.3 Å². The van der Waals surface area contributed by atoms with E-state index in [2.05, 4.69) is 30.1 Å². The summed E-state index contributed by atoms with van der Waals surface area (Å²) in [6.45, 7) is 7.34. The molecule has 6 fully saturated rings. The molecule has 6 aliphatic carbocycles. The van der Waals surface area contributed by atoms with Gasteiger partial charge in [0.2, 0.25) is 17.7 Å². The van der Waals surface area contributed by atoms with Gasteiger partial charge in [-0.3, -0.25) is 4.79 Å². The molecule has 2 aromatic heterocycles. The zero-order chi connectivity index (χ0) is 28.5. The van der Waals surface area contributed by atoms with Crippen molar-refractivity contribution in [3.8, 4) is 17.0 Å². The number of alkyl halides is 1. The lowest BCUT2D eigenvalue weighted by atomic mass is 9.41. The first kappa shape index (κ1) is 26.6. The number of rotatable bonds is 9. The fourth-order valence-corrected chi connectivity index (χ4v) is 7.94. The topological polar surface area (TPSA) is 81.4 Å². The van der Waals surface area contributed by atoms with Gasteiger partial charge in [-0.1, -0.05) is 31.1 Å². The smallest absolute Gasteiger partial charge is 0.233 e. The van der Waals surface area contributed by atoms with Crippen LogP contribution in [0.1, 0.15) is 96.2 Å². The SMILES string of the molecule is CCOc1ccc(-c2cccc(N(CC34CCC(c5nc(C(C)C)no5)(CC3)CC4)C(=O)C34CC(F)(C3)C4)c2)cn1. The highest BCUT2D eigenvalue weighted by Crippen LogP contribution is 2.70. The highest BCUT2D eigenvalue weighted by Gasteiger charge is 2.73. The highest BCUT2D eigenvalue weighted by molar-refractivity contribution is 6.00. The first-order valence-electron chi connectivity index (χ1n) is 15.2. The van der Waals surface area contributed by atoms with Gasteiger partial charge in [0.15, 0.2) is 5.82 Å². The van der Waals surface area contributed by atoms with Crippen molar-refractivity contribution < 1.29 is 18.4 Å². The summed E-state index contributed by atoms with van der Waals surface area (Å²) in [6.07, 6.45) is 8.92. The van der Waals surface area contributed by atoms with Gasteiger partial charge in [-0.25, -0.2) is 9.37 Å². The van der Waals surface area contributed by atoms with Gasteiger partial charge in [0, 0.05) is 41.4 Å². The number of nitrogens with zero attached hydrogens (tertiary/aromatic N) is 4. The zero-order valence-electron chi connectivity index (χ0n) is 24.3. The van der Waals surface area contributed by atoms with Crippen LogP contribution in [0.4, 0.5) is 10.1 Å². The van der Waals surface area contributed by atoms with Crippen molar-refractivity contribution in [2.45, 2.75) is 95.6 Å². The molecular weight excluding hydrogens is 519 g/mol. The molecule has 0 aliphatic heterocycles. The molecule has 7 nitrogen and oxygen atoms in total. The van der Waals surface area contributed by atoms with Crippen molar-refractivity contribution in [1.29, 1.82) is 0 Å². The van der Waals surface area contributed by atoms with Gasteiger partial charge in [0.05, 0.1) is 12.0 Å². The quantitative estimate of drug-likeness (QED) is 0.277. The molecular formula is C33H39FN4O3. The van der Waals surface area contributed by atoms with Crippen molar-refractivity contribution >= 4 is 11.6 Å². The fourth-order valence-electron chi connectivity index (χ4n) is 7.94. The van der Waals surface area contributed by atoms with Crippen LogP contribution >= 0.6 is 0 Å². The minimum absolute atomic E-state index is 0.0337. The second kappa shape index (κ2) is 9.36. The predicted molar refractivity (Wildman–Crippen MR) is 154 cm³/mol.